The molecular weight excluding hydrogens is 1500 g/mol. The van der Waals surface area contributed by atoms with E-state index in [-0.39, 0.29) is 10.8 Å². The minimum atomic E-state index is -0.00665. The second-order valence-electron chi connectivity index (χ2n) is 30.6. The van der Waals surface area contributed by atoms with Crippen molar-refractivity contribution >= 4 is 87.0 Å². The summed E-state index contributed by atoms with van der Waals surface area (Å²) in [6.07, 6.45) is 8.43. The predicted octanol–water partition coefficient (Wildman–Crippen LogP) is 28.3. The van der Waals surface area contributed by atoms with Gasteiger partial charge in [-0.2, -0.15) is 0 Å². The highest BCUT2D eigenvalue weighted by Crippen LogP contribution is 2.52. The lowest BCUT2D eigenvalue weighted by molar-refractivity contribution is 0.660. The summed E-state index contributed by atoms with van der Waals surface area (Å²) in [6, 6.07) is 119. The number of benzene rings is 13. The van der Waals surface area contributed by atoms with Gasteiger partial charge < -0.3 is 4.57 Å². The Morgan fingerprint density at radius 1 is 0.231 bits per heavy atom. The Labute approximate surface area is 693 Å². The van der Waals surface area contributed by atoms with Gasteiger partial charge in [-0.05, 0) is 92.0 Å². The molecule has 117 heavy (non-hydrogen) atoms. The number of hydrogen-bond donors (Lipinski definition) is 0. The van der Waals surface area contributed by atoms with E-state index in [0.29, 0.717) is 0 Å². The molecule has 0 bridgehead atoms. The zero-order valence-corrected chi connectivity index (χ0v) is 67.8. The molecule has 0 fully saturated rings. The summed E-state index contributed by atoms with van der Waals surface area (Å²) in [5.41, 5.74) is 35.2. The van der Waals surface area contributed by atoms with Crippen molar-refractivity contribution in [3.63, 3.8) is 0 Å². The first-order chi connectivity index (χ1) is 57.6. The average molecular weight is 1580 g/mol. The molecule has 0 N–H and O–H groups in total. The lowest BCUT2D eigenvalue weighted by Gasteiger charge is -2.22. The maximum Gasteiger partial charge on any atom is 0.194 e. The molecule has 560 valence electrons. The van der Waals surface area contributed by atoms with E-state index in [1.807, 2.05) is 24.3 Å². The SMILES string of the molecule is CC1(C)c2ccccc2-c2ccc(-c3c(-c4ccccc4)nc4sccn34)cc21.CC1(C)c2ccccc2-c2ccc(-c3ccc(-c4c(-c5ccccc5)nc5sccn45)cc3)cc21.c1ccc(-c2nc3sccn3c2-c2ccc(-n3c4ccccc4c4ccccc43)cc2)cc1.c1ccc(-c2nc3sccn3c2-c2ccccc2)cc1. The highest BCUT2D eigenvalue weighted by molar-refractivity contribution is 7.16. The molecule has 0 spiro atoms. The third-order valence-corrected chi connectivity index (χ3v) is 26.2. The number of para-hydroxylation sites is 2. The summed E-state index contributed by atoms with van der Waals surface area (Å²) < 4.78 is 11.1. The van der Waals surface area contributed by atoms with Crippen molar-refractivity contribution in [1.82, 2.24) is 42.1 Å². The second kappa shape index (κ2) is 29.3. The number of hydrogen-bond acceptors (Lipinski definition) is 8. The van der Waals surface area contributed by atoms with Gasteiger partial charge in [0.1, 0.15) is 0 Å². The van der Waals surface area contributed by atoms with Crippen molar-refractivity contribution in [2.45, 2.75) is 38.5 Å². The molecule has 9 heterocycles. The van der Waals surface area contributed by atoms with Gasteiger partial charge in [-0.25, -0.2) is 19.9 Å². The van der Waals surface area contributed by atoms with Gasteiger partial charge in [-0.3, -0.25) is 17.6 Å². The molecule has 0 unspecified atom stereocenters. The Kier molecular flexibility index (Phi) is 17.8. The van der Waals surface area contributed by atoms with Crippen LogP contribution in [0.1, 0.15) is 49.9 Å². The van der Waals surface area contributed by atoms with E-state index >= 15 is 0 Å². The van der Waals surface area contributed by atoms with Crippen molar-refractivity contribution < 1.29 is 0 Å². The first-order valence-corrected chi connectivity index (χ1v) is 42.9. The smallest absolute Gasteiger partial charge is 0.194 e. The zero-order chi connectivity index (χ0) is 78.3. The molecule has 0 radical (unpaired) electrons. The maximum absolute atomic E-state index is 4.97. The van der Waals surface area contributed by atoms with Crippen molar-refractivity contribution in [2.24, 2.45) is 0 Å². The molecule has 2 aliphatic carbocycles. The molecule has 22 aromatic rings. The van der Waals surface area contributed by atoms with Crippen LogP contribution in [0.2, 0.25) is 0 Å². The van der Waals surface area contributed by atoms with E-state index in [2.05, 4.69) is 406 Å². The van der Waals surface area contributed by atoms with Crippen LogP contribution in [-0.2, 0) is 10.8 Å². The third-order valence-electron chi connectivity index (χ3n) is 23.2. The van der Waals surface area contributed by atoms with Crippen LogP contribution in [0.3, 0.4) is 0 Å². The minimum Gasteiger partial charge on any atom is -0.309 e. The summed E-state index contributed by atoms with van der Waals surface area (Å²) in [6.45, 7) is 9.33. The van der Waals surface area contributed by atoms with Crippen LogP contribution in [0.15, 0.2) is 380 Å². The predicted molar refractivity (Wildman–Crippen MR) is 491 cm³/mol. The van der Waals surface area contributed by atoms with Gasteiger partial charge in [0.25, 0.3) is 0 Å². The van der Waals surface area contributed by atoms with Crippen molar-refractivity contribution in [3.8, 4) is 129 Å². The second-order valence-corrected chi connectivity index (χ2v) is 34.1. The van der Waals surface area contributed by atoms with E-state index in [4.69, 9.17) is 19.9 Å². The van der Waals surface area contributed by atoms with Crippen molar-refractivity contribution in [3.05, 3.63) is 402 Å². The topological polar surface area (TPSA) is 74.1 Å². The van der Waals surface area contributed by atoms with Crippen LogP contribution in [0.5, 0.6) is 0 Å². The molecule has 0 saturated heterocycles. The van der Waals surface area contributed by atoms with Crippen LogP contribution in [0, 0.1) is 0 Å². The molecule has 0 amide bonds. The number of thiazole rings is 4. The van der Waals surface area contributed by atoms with E-state index in [9.17, 15) is 0 Å². The van der Waals surface area contributed by atoms with Crippen LogP contribution >= 0.6 is 45.3 Å². The number of rotatable bonds is 10. The fourth-order valence-electron chi connectivity index (χ4n) is 17.6. The Bertz CT molecular complexity index is 7360. The quantitative estimate of drug-likeness (QED) is 0.137. The molecule has 9 nitrogen and oxygen atoms in total. The van der Waals surface area contributed by atoms with Crippen LogP contribution < -0.4 is 0 Å². The third kappa shape index (κ3) is 12.4. The highest BCUT2D eigenvalue weighted by Gasteiger charge is 2.37. The Balaban J connectivity index is 0.0000000989. The van der Waals surface area contributed by atoms with Crippen LogP contribution in [-0.4, -0.2) is 42.1 Å². The largest absolute Gasteiger partial charge is 0.309 e. The Morgan fingerprint density at radius 2 is 0.504 bits per heavy atom. The maximum atomic E-state index is 4.97. The summed E-state index contributed by atoms with van der Waals surface area (Å²) in [5, 5.41) is 10.9. The van der Waals surface area contributed by atoms with Gasteiger partial charge in [-0.1, -0.05) is 325 Å². The molecule has 0 aliphatic heterocycles. The van der Waals surface area contributed by atoms with Gasteiger partial charge in [0.2, 0.25) is 0 Å². The highest BCUT2D eigenvalue weighted by atomic mass is 32.1. The van der Waals surface area contributed by atoms with Crippen LogP contribution in [0.4, 0.5) is 0 Å². The molecule has 13 aromatic carbocycles. The lowest BCUT2D eigenvalue weighted by atomic mass is 9.81. The number of imidazole rings is 4. The van der Waals surface area contributed by atoms with Crippen molar-refractivity contribution in [1.29, 1.82) is 0 Å². The molecule has 24 rings (SSSR count). The molecule has 2 aliphatic rings. The lowest BCUT2D eigenvalue weighted by Crippen LogP contribution is -2.14. The van der Waals surface area contributed by atoms with Gasteiger partial charge in [0, 0.05) is 118 Å². The molecule has 0 saturated carbocycles. The van der Waals surface area contributed by atoms with Crippen LogP contribution in [0.25, 0.3) is 171 Å². The normalized spacial score (nSPS) is 12.8. The zero-order valence-electron chi connectivity index (χ0n) is 64.5. The standard InChI is InChI=1S/C32H24N2S.C29H19N3S.C26H20N2S.C17H12N2S/c1-32(2)27-11-7-6-10-25(27)26-17-16-24(20-28(26)32)21-12-14-23(15-13-21)30-29(22-8-4-3-5-9-22)33-31-34(30)18-19-35-31;1-2-8-20(9-3-1)27-28(31-18-19-33-29(31)30-27)21-14-16-22(17-15-21)32-25-12-6-4-10-23(25)24-11-5-7-13-26(24)32;1-26(2)21-11-7-6-10-19(21)20-13-12-18(16-22(20)26)24-23(17-8-4-3-5-9-17)27-25-28(24)14-15-29-25;1-3-7-13(8-4-1)15-16(14-9-5-2-6-10-14)19-11-12-20-17(19)18-15/h3-20H,1-2H3;1-19H;3-16H,1-2H3;1-12H. The number of nitrogens with zero attached hydrogens (tertiary/aromatic N) is 9. The fraction of sp³-hybridized carbons (Fsp3) is 0.0577. The van der Waals surface area contributed by atoms with E-state index in [1.165, 1.54) is 99.8 Å². The van der Waals surface area contributed by atoms with Crippen molar-refractivity contribution in [2.75, 3.05) is 0 Å². The van der Waals surface area contributed by atoms with E-state index in [0.717, 1.165) is 93.2 Å². The first-order valence-electron chi connectivity index (χ1n) is 39.4. The summed E-state index contributed by atoms with van der Waals surface area (Å²) >= 11 is 6.67. The Morgan fingerprint density at radius 3 is 0.889 bits per heavy atom. The van der Waals surface area contributed by atoms with Gasteiger partial charge in [-0.15, -0.1) is 45.3 Å². The Hall–Kier alpha value is -13.7. The average Bonchev–Trinajstić information content (AvgIpc) is 1.56. The molecule has 13 heteroatoms. The van der Waals surface area contributed by atoms with E-state index in [1.54, 1.807) is 45.3 Å². The van der Waals surface area contributed by atoms with Gasteiger partial charge in [0.15, 0.2) is 19.8 Å². The monoisotopic (exact) mass is 1580 g/mol. The number of fused-ring (bicyclic) bond motifs is 13. The molecular formula is C104H75N9S4. The van der Waals surface area contributed by atoms with E-state index < -0.39 is 0 Å². The van der Waals surface area contributed by atoms with Gasteiger partial charge in [0.05, 0.1) is 56.6 Å². The number of aromatic nitrogens is 9. The fourth-order valence-corrected chi connectivity index (χ4v) is 20.4. The summed E-state index contributed by atoms with van der Waals surface area (Å²) in [4.78, 5) is 23.8. The summed E-state index contributed by atoms with van der Waals surface area (Å²) in [7, 11) is 0. The molecule has 0 atom stereocenters. The first kappa shape index (κ1) is 71.1. The van der Waals surface area contributed by atoms with Gasteiger partial charge >= 0.3 is 0 Å². The minimum absolute atomic E-state index is 0.00665. The molecule has 9 aromatic heterocycles. The summed E-state index contributed by atoms with van der Waals surface area (Å²) in [5.74, 6) is 0.